The van der Waals surface area contributed by atoms with E-state index in [0.717, 1.165) is 23.9 Å². The van der Waals surface area contributed by atoms with Gasteiger partial charge in [0.1, 0.15) is 0 Å². The van der Waals surface area contributed by atoms with E-state index in [0.29, 0.717) is 12.1 Å². The predicted molar refractivity (Wildman–Crippen MR) is 100 cm³/mol. The number of carbonyl (C=O) groups excluding carboxylic acids is 1. The summed E-state index contributed by atoms with van der Waals surface area (Å²) in [7, 11) is 0. The minimum absolute atomic E-state index is 0.00823. The molecule has 1 aromatic heterocycles. The fourth-order valence-corrected chi connectivity index (χ4v) is 5.84. The van der Waals surface area contributed by atoms with Crippen LogP contribution in [0.2, 0.25) is 0 Å². The van der Waals surface area contributed by atoms with Crippen molar-refractivity contribution in [1.82, 2.24) is 19.4 Å². The molecule has 3 saturated heterocycles. The monoisotopic (exact) mass is 354 g/mol. The first-order chi connectivity index (χ1) is 12.5. The maximum atomic E-state index is 12.9. The Morgan fingerprint density at radius 2 is 1.85 bits per heavy atom. The normalized spacial score (nSPS) is 32.0. The number of fused-ring (bicyclic) bond motifs is 1. The van der Waals surface area contributed by atoms with E-state index in [2.05, 4.69) is 10.2 Å². The second kappa shape index (κ2) is 5.46. The van der Waals surface area contributed by atoms with Crippen LogP contribution in [0.5, 0.6) is 0 Å². The summed E-state index contributed by atoms with van der Waals surface area (Å²) < 4.78 is 3.00. The third-order valence-electron chi connectivity index (χ3n) is 6.72. The van der Waals surface area contributed by atoms with Gasteiger partial charge < -0.3 is 10.2 Å². The molecule has 1 amide bonds. The van der Waals surface area contributed by atoms with Crippen molar-refractivity contribution < 1.29 is 4.79 Å². The molecule has 6 rings (SSSR count). The number of hydrogen-bond donors (Lipinski definition) is 1. The summed E-state index contributed by atoms with van der Waals surface area (Å²) in [6, 6.07) is 7.25. The number of nitrogens with zero attached hydrogens (tertiary/aromatic N) is 3. The smallest absolute Gasteiger partial charge is 0.337 e. The van der Waals surface area contributed by atoms with Crippen molar-refractivity contribution in [3.05, 3.63) is 34.7 Å². The summed E-state index contributed by atoms with van der Waals surface area (Å²) >= 11 is 0. The van der Waals surface area contributed by atoms with E-state index in [9.17, 15) is 9.59 Å². The number of aromatic nitrogens is 2. The molecule has 0 radical (unpaired) electrons. The fourth-order valence-electron chi connectivity index (χ4n) is 5.84. The van der Waals surface area contributed by atoms with Crippen LogP contribution in [0.1, 0.15) is 32.7 Å². The zero-order chi connectivity index (χ0) is 18.1. The fraction of sp³-hybridized carbons (Fsp3) is 0.600. The molecule has 138 valence electrons. The summed E-state index contributed by atoms with van der Waals surface area (Å²) in [5.74, 6) is 1.62. The number of para-hydroxylation sites is 2. The molecule has 1 saturated carbocycles. The Labute approximate surface area is 152 Å². The van der Waals surface area contributed by atoms with Crippen molar-refractivity contribution >= 4 is 17.1 Å². The lowest BCUT2D eigenvalue weighted by Crippen LogP contribution is -2.50. The number of benzene rings is 1. The first-order valence-electron chi connectivity index (χ1n) is 9.70. The van der Waals surface area contributed by atoms with Gasteiger partial charge in [-0.15, -0.1) is 0 Å². The number of hydrogen-bond acceptors (Lipinski definition) is 3. The molecule has 4 heterocycles. The second-order valence-corrected chi connectivity index (χ2v) is 8.85. The van der Waals surface area contributed by atoms with Gasteiger partial charge in [-0.2, -0.15) is 0 Å². The lowest BCUT2D eigenvalue weighted by atomic mass is 9.81. The number of piperidine rings is 2. The van der Waals surface area contributed by atoms with Crippen molar-refractivity contribution in [1.29, 1.82) is 0 Å². The molecule has 2 aromatic rings. The SMILES string of the molecule is CC(C)n1c(=O)n(C(=O)NCC23CC4CN(C[C@@H]4C2)C3)c2ccccc21. The zero-order valence-electron chi connectivity index (χ0n) is 15.4. The van der Waals surface area contributed by atoms with Crippen LogP contribution >= 0.6 is 0 Å². The maximum Gasteiger partial charge on any atom is 0.337 e. The molecule has 6 heteroatoms. The average molecular weight is 354 g/mol. The van der Waals surface area contributed by atoms with Crippen LogP contribution in [0.25, 0.3) is 11.0 Å². The van der Waals surface area contributed by atoms with E-state index >= 15 is 0 Å². The molecule has 1 aromatic carbocycles. The van der Waals surface area contributed by atoms with Crippen molar-refractivity contribution in [3.8, 4) is 0 Å². The van der Waals surface area contributed by atoms with Crippen LogP contribution in [-0.2, 0) is 0 Å². The second-order valence-electron chi connectivity index (χ2n) is 8.85. The van der Waals surface area contributed by atoms with Gasteiger partial charge in [0.15, 0.2) is 0 Å². The molecule has 6 nitrogen and oxygen atoms in total. The molecule has 4 atom stereocenters. The Morgan fingerprint density at radius 1 is 1.19 bits per heavy atom. The van der Waals surface area contributed by atoms with Gasteiger partial charge in [-0.05, 0) is 50.7 Å². The maximum absolute atomic E-state index is 12.9. The molecule has 3 aliphatic heterocycles. The molecule has 4 fully saturated rings. The van der Waals surface area contributed by atoms with Crippen LogP contribution in [0.3, 0.4) is 0 Å². The van der Waals surface area contributed by atoms with E-state index in [1.807, 2.05) is 38.1 Å². The Hall–Kier alpha value is -2.08. The Kier molecular flexibility index (Phi) is 3.38. The molecule has 4 bridgehead atoms. The number of amides is 1. The van der Waals surface area contributed by atoms with Crippen molar-refractivity contribution in [2.24, 2.45) is 17.3 Å². The minimum Gasteiger partial charge on any atom is -0.337 e. The van der Waals surface area contributed by atoms with Crippen molar-refractivity contribution in [3.63, 3.8) is 0 Å². The van der Waals surface area contributed by atoms with Gasteiger partial charge >= 0.3 is 11.7 Å². The summed E-state index contributed by atoms with van der Waals surface area (Å²) in [5.41, 5.74) is 1.45. The predicted octanol–water partition coefficient (Wildman–Crippen LogP) is 2.28. The number of imidazole rings is 1. The topological polar surface area (TPSA) is 59.3 Å². The van der Waals surface area contributed by atoms with Crippen LogP contribution < -0.4 is 11.0 Å². The van der Waals surface area contributed by atoms with E-state index in [4.69, 9.17) is 0 Å². The first kappa shape index (κ1) is 16.1. The van der Waals surface area contributed by atoms with Gasteiger partial charge in [0, 0.05) is 37.6 Å². The molecular weight excluding hydrogens is 328 g/mol. The number of rotatable bonds is 3. The lowest BCUT2D eigenvalue weighted by molar-refractivity contribution is 0.101. The molecule has 1 N–H and O–H groups in total. The third kappa shape index (κ3) is 2.21. The third-order valence-corrected chi connectivity index (χ3v) is 6.72. The minimum atomic E-state index is -0.294. The Morgan fingerprint density at radius 3 is 2.46 bits per heavy atom. The summed E-state index contributed by atoms with van der Waals surface area (Å²) in [4.78, 5) is 28.4. The van der Waals surface area contributed by atoms with Crippen LogP contribution in [0, 0.1) is 17.3 Å². The summed E-state index contributed by atoms with van der Waals surface area (Å²) in [6.07, 6.45) is 2.44. The van der Waals surface area contributed by atoms with Gasteiger partial charge in [0.05, 0.1) is 11.0 Å². The van der Waals surface area contributed by atoms with E-state index in [1.54, 1.807) is 4.57 Å². The largest absolute Gasteiger partial charge is 0.337 e. The molecule has 1 aliphatic carbocycles. The molecular formula is C20H26N4O2. The van der Waals surface area contributed by atoms with Gasteiger partial charge in [-0.1, -0.05) is 12.1 Å². The quantitative estimate of drug-likeness (QED) is 0.920. The van der Waals surface area contributed by atoms with Crippen LogP contribution in [-0.4, -0.2) is 46.2 Å². The highest BCUT2D eigenvalue weighted by molar-refractivity contribution is 5.89. The Bertz CT molecular complexity index is 921. The van der Waals surface area contributed by atoms with Crippen LogP contribution in [0.15, 0.2) is 29.1 Å². The highest BCUT2D eigenvalue weighted by Gasteiger charge is 2.55. The molecule has 4 aliphatic rings. The zero-order valence-corrected chi connectivity index (χ0v) is 15.4. The van der Waals surface area contributed by atoms with Crippen LogP contribution in [0.4, 0.5) is 4.79 Å². The standard InChI is InChI=1S/C20H26N4O2/c1-13(2)23-16-5-3-4-6-17(16)24(19(23)26)18(25)21-11-20-7-14-9-22(12-20)10-15(14)8-20/h3-6,13-15H,7-12H2,1-2H3,(H,21,25)/t14-,15?,20?/m0/s1. The summed E-state index contributed by atoms with van der Waals surface area (Å²) in [6.45, 7) is 8.17. The van der Waals surface area contributed by atoms with Crippen molar-refractivity contribution in [2.75, 3.05) is 26.2 Å². The highest BCUT2D eigenvalue weighted by atomic mass is 16.2. The molecule has 26 heavy (non-hydrogen) atoms. The first-order valence-corrected chi connectivity index (χ1v) is 9.70. The van der Waals surface area contributed by atoms with E-state index in [-0.39, 0.29) is 23.2 Å². The van der Waals surface area contributed by atoms with Crippen molar-refractivity contribution in [2.45, 2.75) is 32.7 Å². The summed E-state index contributed by atoms with van der Waals surface area (Å²) in [5, 5.41) is 3.10. The number of nitrogens with one attached hydrogen (secondary N) is 1. The lowest BCUT2D eigenvalue weighted by Gasteiger charge is -2.40. The average Bonchev–Trinajstić information content (AvgIpc) is 3.14. The van der Waals surface area contributed by atoms with Gasteiger partial charge in [0.25, 0.3) is 0 Å². The van der Waals surface area contributed by atoms with E-state index < -0.39 is 0 Å². The van der Waals surface area contributed by atoms with E-state index in [1.165, 1.54) is 30.5 Å². The Balaban J connectivity index is 1.43. The molecule has 3 unspecified atom stereocenters. The van der Waals surface area contributed by atoms with Gasteiger partial charge in [-0.25, -0.2) is 14.2 Å². The molecule has 0 spiro atoms. The highest BCUT2D eigenvalue weighted by Crippen LogP contribution is 2.54. The van der Waals surface area contributed by atoms with Gasteiger partial charge in [0.2, 0.25) is 0 Å². The number of carbonyl (C=O) groups is 1. The van der Waals surface area contributed by atoms with Gasteiger partial charge in [-0.3, -0.25) is 4.57 Å².